The molecule has 2 atom stereocenters. The minimum Gasteiger partial charge on any atom is -0.295 e. The fourth-order valence-electron chi connectivity index (χ4n) is 2.08. The first kappa shape index (κ1) is 11.4. The molecular weight excluding hydrogens is 296 g/mol. The predicted octanol–water partition coefficient (Wildman–Crippen LogP) is 2.31. The lowest BCUT2D eigenvalue weighted by Crippen LogP contribution is -2.15. The number of halogens is 1. The summed E-state index contributed by atoms with van der Waals surface area (Å²) in [5.74, 6) is 0.711. The Hall–Kier alpha value is -1.69. The minimum atomic E-state index is -0.00694. The van der Waals surface area contributed by atoms with E-state index < -0.39 is 0 Å². The molecule has 1 saturated carbocycles. The van der Waals surface area contributed by atoms with Crippen LogP contribution < -0.4 is 5.32 Å². The van der Waals surface area contributed by atoms with E-state index in [1.165, 1.54) is 11.9 Å². The Labute approximate surface area is 112 Å². The van der Waals surface area contributed by atoms with Crippen molar-refractivity contribution < 1.29 is 4.79 Å². The van der Waals surface area contributed by atoms with Crippen molar-refractivity contribution in [2.24, 2.45) is 5.92 Å². The SMILES string of the molecule is O=C(Nc1ncn[nH]1)[C@H]1C[C@@H]1c1ccccc1Br. The maximum Gasteiger partial charge on any atom is 0.230 e. The number of aromatic amines is 1. The molecule has 1 fully saturated rings. The molecule has 3 rings (SSSR count). The summed E-state index contributed by atoms with van der Waals surface area (Å²) in [6.07, 6.45) is 2.25. The molecule has 1 aromatic carbocycles. The number of carbonyl (C=O) groups is 1. The molecule has 2 aromatic rings. The highest BCUT2D eigenvalue weighted by atomic mass is 79.9. The van der Waals surface area contributed by atoms with Gasteiger partial charge in [-0.1, -0.05) is 34.1 Å². The first-order valence-corrected chi connectivity index (χ1v) is 6.45. The van der Waals surface area contributed by atoms with Gasteiger partial charge in [0.15, 0.2) is 0 Å². The van der Waals surface area contributed by atoms with Crippen LogP contribution in [0.2, 0.25) is 0 Å². The number of H-pyrrole nitrogens is 1. The van der Waals surface area contributed by atoms with Crippen LogP contribution in [0.25, 0.3) is 0 Å². The normalized spacial score (nSPS) is 21.6. The average Bonchev–Trinajstić information content (AvgIpc) is 3.00. The van der Waals surface area contributed by atoms with Crippen LogP contribution in [-0.4, -0.2) is 21.1 Å². The summed E-state index contributed by atoms with van der Waals surface area (Å²) >= 11 is 3.51. The zero-order valence-electron chi connectivity index (χ0n) is 9.43. The van der Waals surface area contributed by atoms with Gasteiger partial charge in [-0.15, -0.1) is 0 Å². The molecule has 0 saturated heterocycles. The van der Waals surface area contributed by atoms with Crippen molar-refractivity contribution in [2.75, 3.05) is 5.32 Å². The van der Waals surface area contributed by atoms with Crippen LogP contribution in [0.15, 0.2) is 35.1 Å². The van der Waals surface area contributed by atoms with E-state index in [0.29, 0.717) is 11.9 Å². The zero-order valence-corrected chi connectivity index (χ0v) is 11.0. The number of rotatable bonds is 3. The van der Waals surface area contributed by atoms with Crippen molar-refractivity contribution in [2.45, 2.75) is 12.3 Å². The van der Waals surface area contributed by atoms with Gasteiger partial charge in [0, 0.05) is 10.4 Å². The number of hydrogen-bond acceptors (Lipinski definition) is 3. The number of aromatic nitrogens is 3. The van der Waals surface area contributed by atoms with E-state index in [-0.39, 0.29) is 11.8 Å². The molecule has 5 nitrogen and oxygen atoms in total. The highest BCUT2D eigenvalue weighted by molar-refractivity contribution is 9.10. The van der Waals surface area contributed by atoms with Crippen LogP contribution in [0.3, 0.4) is 0 Å². The summed E-state index contributed by atoms with van der Waals surface area (Å²) in [6.45, 7) is 0. The number of benzene rings is 1. The standard InChI is InChI=1S/C12H11BrN4O/c13-10-4-2-1-3-7(10)8-5-9(8)11(18)16-12-14-6-15-17-12/h1-4,6,8-9H,5H2,(H2,14,15,16,17,18)/t8-,9+/m1/s1. The molecule has 0 aliphatic heterocycles. The largest absolute Gasteiger partial charge is 0.295 e. The van der Waals surface area contributed by atoms with Crippen molar-refractivity contribution in [3.8, 4) is 0 Å². The van der Waals surface area contributed by atoms with Crippen LogP contribution in [0.1, 0.15) is 17.9 Å². The van der Waals surface area contributed by atoms with Crippen LogP contribution >= 0.6 is 15.9 Å². The average molecular weight is 307 g/mol. The summed E-state index contributed by atoms with van der Waals surface area (Å²) < 4.78 is 1.06. The molecule has 2 N–H and O–H groups in total. The molecule has 0 radical (unpaired) electrons. The van der Waals surface area contributed by atoms with Gasteiger partial charge in [-0.25, -0.2) is 5.10 Å². The minimum absolute atomic E-state index is 0.00694. The Kier molecular flexibility index (Phi) is 2.87. The van der Waals surface area contributed by atoms with Gasteiger partial charge >= 0.3 is 0 Å². The second-order valence-corrected chi connectivity index (χ2v) is 5.15. The highest BCUT2D eigenvalue weighted by Crippen LogP contribution is 2.49. The van der Waals surface area contributed by atoms with E-state index in [9.17, 15) is 4.79 Å². The van der Waals surface area contributed by atoms with Crippen molar-refractivity contribution in [1.82, 2.24) is 15.2 Å². The van der Waals surface area contributed by atoms with Crippen LogP contribution in [-0.2, 0) is 4.79 Å². The predicted molar refractivity (Wildman–Crippen MR) is 70.0 cm³/mol. The molecule has 6 heteroatoms. The molecular formula is C12H11BrN4O. The monoisotopic (exact) mass is 306 g/mol. The molecule has 1 heterocycles. The summed E-state index contributed by atoms with van der Waals surface area (Å²) in [6, 6.07) is 8.01. The first-order valence-electron chi connectivity index (χ1n) is 5.66. The Morgan fingerprint density at radius 1 is 1.44 bits per heavy atom. The summed E-state index contributed by atoms with van der Waals surface area (Å²) in [5, 5.41) is 9.02. The number of carbonyl (C=O) groups excluding carboxylic acids is 1. The molecule has 1 aliphatic rings. The molecule has 0 unspecified atom stereocenters. The van der Waals surface area contributed by atoms with Gasteiger partial charge in [0.1, 0.15) is 6.33 Å². The second-order valence-electron chi connectivity index (χ2n) is 4.29. The first-order chi connectivity index (χ1) is 8.75. The lowest BCUT2D eigenvalue weighted by molar-refractivity contribution is -0.117. The maximum atomic E-state index is 12.0. The van der Waals surface area contributed by atoms with E-state index in [1.807, 2.05) is 18.2 Å². The summed E-state index contributed by atoms with van der Waals surface area (Å²) in [5.41, 5.74) is 1.19. The number of hydrogen-bond donors (Lipinski definition) is 2. The van der Waals surface area contributed by atoms with Gasteiger partial charge < -0.3 is 0 Å². The smallest absolute Gasteiger partial charge is 0.230 e. The van der Waals surface area contributed by atoms with Gasteiger partial charge in [-0.3, -0.25) is 10.1 Å². The van der Waals surface area contributed by atoms with Gasteiger partial charge in [0.2, 0.25) is 11.9 Å². The van der Waals surface area contributed by atoms with Gasteiger partial charge in [-0.05, 0) is 24.0 Å². The van der Waals surface area contributed by atoms with E-state index in [0.717, 1.165) is 10.9 Å². The molecule has 0 spiro atoms. The van der Waals surface area contributed by atoms with Gasteiger partial charge in [0.05, 0.1) is 0 Å². The molecule has 92 valence electrons. The van der Waals surface area contributed by atoms with Crippen molar-refractivity contribution in [3.05, 3.63) is 40.6 Å². The van der Waals surface area contributed by atoms with Crippen LogP contribution in [0.4, 0.5) is 5.95 Å². The number of nitrogens with zero attached hydrogens (tertiary/aromatic N) is 2. The zero-order chi connectivity index (χ0) is 12.5. The third kappa shape index (κ3) is 2.15. The molecule has 0 bridgehead atoms. The van der Waals surface area contributed by atoms with E-state index in [1.54, 1.807) is 0 Å². The quantitative estimate of drug-likeness (QED) is 0.914. The lowest BCUT2D eigenvalue weighted by atomic mass is 10.1. The number of anilines is 1. The number of amides is 1. The van der Waals surface area contributed by atoms with E-state index in [4.69, 9.17) is 0 Å². The van der Waals surface area contributed by atoms with Gasteiger partial charge in [0.25, 0.3) is 0 Å². The number of nitrogens with one attached hydrogen (secondary N) is 2. The Morgan fingerprint density at radius 3 is 3.00 bits per heavy atom. The van der Waals surface area contributed by atoms with Crippen LogP contribution in [0.5, 0.6) is 0 Å². The topological polar surface area (TPSA) is 70.7 Å². The molecule has 1 amide bonds. The third-order valence-corrected chi connectivity index (χ3v) is 3.81. The third-order valence-electron chi connectivity index (χ3n) is 3.09. The Morgan fingerprint density at radius 2 is 2.28 bits per heavy atom. The van der Waals surface area contributed by atoms with Crippen molar-refractivity contribution >= 4 is 27.8 Å². The molecule has 18 heavy (non-hydrogen) atoms. The van der Waals surface area contributed by atoms with Crippen LogP contribution in [0, 0.1) is 5.92 Å². The van der Waals surface area contributed by atoms with Gasteiger partial charge in [-0.2, -0.15) is 10.1 Å². The Bertz CT molecular complexity index is 569. The fourth-order valence-corrected chi connectivity index (χ4v) is 2.66. The summed E-state index contributed by atoms with van der Waals surface area (Å²) in [4.78, 5) is 15.8. The molecule has 1 aliphatic carbocycles. The lowest BCUT2D eigenvalue weighted by Gasteiger charge is -2.03. The summed E-state index contributed by atoms with van der Waals surface area (Å²) in [7, 11) is 0. The second kappa shape index (κ2) is 4.53. The maximum absolute atomic E-state index is 12.0. The van der Waals surface area contributed by atoms with Crippen molar-refractivity contribution in [1.29, 1.82) is 0 Å². The Balaban J connectivity index is 1.67. The van der Waals surface area contributed by atoms with E-state index in [2.05, 4.69) is 42.5 Å². The van der Waals surface area contributed by atoms with E-state index >= 15 is 0 Å². The fraction of sp³-hybridized carbons (Fsp3) is 0.250. The molecule has 1 aromatic heterocycles. The van der Waals surface area contributed by atoms with Crippen molar-refractivity contribution in [3.63, 3.8) is 0 Å². The highest BCUT2D eigenvalue weighted by Gasteiger charge is 2.44.